The van der Waals surface area contributed by atoms with E-state index < -0.39 is 0 Å². The molecular weight excluding hydrogens is 504 g/mol. The predicted molar refractivity (Wildman–Crippen MR) is 144 cm³/mol. The standard InChI is InChI=1S/C27H20Cl2FN3OS/c1-2-33-26(34)25(35-27(33)31-21-11-9-20(30)10-12-21)13-18-16-32(24-6-4-3-5-22(18)24)15-17-7-8-19(28)14-23(17)29/h3-14,16H,2,15H2,1H3/b25-13+,31-27?. The molecule has 0 bridgehead atoms. The van der Waals surface area contributed by atoms with E-state index in [-0.39, 0.29) is 11.7 Å². The Morgan fingerprint density at radius 1 is 1.06 bits per heavy atom. The van der Waals surface area contributed by atoms with Gasteiger partial charge in [-0.2, -0.15) is 0 Å². The Kier molecular flexibility index (Phi) is 6.69. The molecule has 1 amide bonds. The number of carbonyl (C=O) groups is 1. The highest BCUT2D eigenvalue weighted by molar-refractivity contribution is 8.18. The van der Waals surface area contributed by atoms with Crippen molar-refractivity contribution in [1.82, 2.24) is 9.47 Å². The highest BCUT2D eigenvalue weighted by Crippen LogP contribution is 2.36. The summed E-state index contributed by atoms with van der Waals surface area (Å²) in [6.07, 6.45) is 3.94. The van der Waals surface area contributed by atoms with E-state index in [1.807, 2.05) is 55.6 Å². The van der Waals surface area contributed by atoms with Crippen LogP contribution in [-0.4, -0.2) is 27.1 Å². The van der Waals surface area contributed by atoms with Gasteiger partial charge in [-0.15, -0.1) is 0 Å². The fraction of sp³-hybridized carbons (Fsp3) is 0.111. The Labute approximate surface area is 216 Å². The molecule has 176 valence electrons. The first-order valence-electron chi connectivity index (χ1n) is 11.0. The molecule has 0 atom stereocenters. The Bertz CT molecular complexity index is 1490. The number of benzene rings is 3. The number of amides is 1. The lowest BCUT2D eigenvalue weighted by Gasteiger charge is -2.11. The van der Waals surface area contributed by atoms with Crippen LogP contribution in [0.3, 0.4) is 0 Å². The lowest BCUT2D eigenvalue weighted by Crippen LogP contribution is -2.28. The number of thioether (sulfide) groups is 1. The summed E-state index contributed by atoms with van der Waals surface area (Å²) in [6.45, 7) is 2.96. The van der Waals surface area contributed by atoms with E-state index in [1.165, 1.54) is 23.9 Å². The van der Waals surface area contributed by atoms with Gasteiger partial charge in [0, 0.05) is 45.8 Å². The summed E-state index contributed by atoms with van der Waals surface area (Å²) in [5, 5.41) is 2.81. The maximum Gasteiger partial charge on any atom is 0.266 e. The van der Waals surface area contributed by atoms with Crippen molar-refractivity contribution in [3.05, 3.63) is 105 Å². The SMILES string of the molecule is CCN1C(=O)/C(=C\c2cn(Cc3ccc(Cl)cc3Cl)c3ccccc23)SC1=Nc1ccc(F)cc1. The summed E-state index contributed by atoms with van der Waals surface area (Å²) in [5.74, 6) is -0.427. The summed E-state index contributed by atoms with van der Waals surface area (Å²) < 4.78 is 15.4. The highest BCUT2D eigenvalue weighted by atomic mass is 35.5. The van der Waals surface area contributed by atoms with Gasteiger partial charge in [0.1, 0.15) is 5.82 Å². The third-order valence-corrected chi connectivity index (χ3v) is 7.31. The van der Waals surface area contributed by atoms with Crippen molar-refractivity contribution < 1.29 is 9.18 Å². The van der Waals surface area contributed by atoms with Crippen LogP contribution in [0.5, 0.6) is 0 Å². The number of amidine groups is 1. The molecule has 0 saturated carbocycles. The molecule has 8 heteroatoms. The van der Waals surface area contributed by atoms with E-state index in [0.29, 0.717) is 38.9 Å². The lowest BCUT2D eigenvalue weighted by molar-refractivity contribution is -0.122. The molecule has 1 aliphatic heterocycles. The molecule has 0 radical (unpaired) electrons. The molecule has 0 spiro atoms. The Morgan fingerprint density at radius 2 is 1.83 bits per heavy atom. The molecular formula is C27H20Cl2FN3OS. The number of carbonyl (C=O) groups excluding carboxylic acids is 1. The van der Waals surface area contributed by atoms with E-state index in [2.05, 4.69) is 9.56 Å². The summed E-state index contributed by atoms with van der Waals surface area (Å²) in [4.78, 5) is 20.0. The third-order valence-electron chi connectivity index (χ3n) is 5.72. The van der Waals surface area contributed by atoms with E-state index in [1.54, 1.807) is 23.1 Å². The van der Waals surface area contributed by atoms with Crippen molar-refractivity contribution in [3.8, 4) is 0 Å². The Balaban J connectivity index is 1.52. The molecule has 0 aliphatic carbocycles. The molecule has 2 heterocycles. The summed E-state index contributed by atoms with van der Waals surface area (Å²) in [5.41, 5.74) is 3.51. The first-order chi connectivity index (χ1) is 16.9. The van der Waals surface area contributed by atoms with Crippen LogP contribution in [0.2, 0.25) is 10.0 Å². The number of fused-ring (bicyclic) bond motifs is 1. The summed E-state index contributed by atoms with van der Waals surface area (Å²) in [6, 6.07) is 19.4. The van der Waals surface area contributed by atoms with Gasteiger partial charge in [0.05, 0.1) is 10.6 Å². The largest absolute Gasteiger partial charge is 0.342 e. The van der Waals surface area contributed by atoms with Crippen LogP contribution in [0.1, 0.15) is 18.1 Å². The summed E-state index contributed by atoms with van der Waals surface area (Å²) >= 11 is 13.8. The molecule has 0 N–H and O–H groups in total. The van der Waals surface area contributed by atoms with Gasteiger partial charge in [0.15, 0.2) is 5.17 Å². The predicted octanol–water partition coefficient (Wildman–Crippen LogP) is 7.76. The molecule has 1 saturated heterocycles. The van der Waals surface area contributed by atoms with Gasteiger partial charge in [0.25, 0.3) is 5.91 Å². The fourth-order valence-electron chi connectivity index (χ4n) is 3.99. The number of hydrogen-bond acceptors (Lipinski definition) is 3. The molecule has 4 aromatic rings. The fourth-order valence-corrected chi connectivity index (χ4v) is 5.51. The Morgan fingerprint density at radius 3 is 2.57 bits per heavy atom. The maximum atomic E-state index is 13.3. The van der Waals surface area contributed by atoms with Gasteiger partial charge in [-0.25, -0.2) is 9.38 Å². The minimum atomic E-state index is -0.326. The molecule has 1 fully saturated rings. The van der Waals surface area contributed by atoms with Crippen molar-refractivity contribution in [2.24, 2.45) is 4.99 Å². The van der Waals surface area contributed by atoms with Crippen LogP contribution in [-0.2, 0) is 11.3 Å². The zero-order valence-corrected chi connectivity index (χ0v) is 21.0. The lowest BCUT2D eigenvalue weighted by atomic mass is 10.1. The van der Waals surface area contributed by atoms with E-state index in [9.17, 15) is 9.18 Å². The second kappa shape index (κ2) is 9.90. The highest BCUT2D eigenvalue weighted by Gasteiger charge is 2.32. The molecule has 1 aliphatic rings. The van der Waals surface area contributed by atoms with E-state index in [0.717, 1.165) is 22.0 Å². The Hall–Kier alpha value is -3.06. The van der Waals surface area contributed by atoms with Gasteiger partial charge >= 0.3 is 0 Å². The van der Waals surface area contributed by atoms with Crippen molar-refractivity contribution in [2.75, 3.05) is 6.54 Å². The van der Waals surface area contributed by atoms with Crippen LogP contribution in [0, 0.1) is 5.82 Å². The van der Waals surface area contributed by atoms with E-state index >= 15 is 0 Å². The minimum absolute atomic E-state index is 0.101. The van der Waals surface area contributed by atoms with Gasteiger partial charge in [-0.05, 0) is 72.8 Å². The van der Waals surface area contributed by atoms with Crippen LogP contribution < -0.4 is 0 Å². The number of aromatic nitrogens is 1. The first-order valence-corrected chi connectivity index (χ1v) is 12.6. The van der Waals surface area contributed by atoms with Crippen molar-refractivity contribution in [3.63, 3.8) is 0 Å². The number of likely N-dealkylation sites (N-methyl/N-ethyl adjacent to an activating group) is 1. The van der Waals surface area contributed by atoms with Crippen molar-refractivity contribution in [2.45, 2.75) is 13.5 Å². The smallest absolute Gasteiger partial charge is 0.266 e. The number of hydrogen-bond donors (Lipinski definition) is 0. The molecule has 35 heavy (non-hydrogen) atoms. The molecule has 4 nitrogen and oxygen atoms in total. The average molecular weight is 524 g/mol. The van der Waals surface area contributed by atoms with Gasteiger partial charge < -0.3 is 4.57 Å². The third kappa shape index (κ3) is 4.87. The zero-order valence-electron chi connectivity index (χ0n) is 18.7. The minimum Gasteiger partial charge on any atom is -0.342 e. The van der Waals surface area contributed by atoms with Crippen LogP contribution in [0.15, 0.2) is 82.8 Å². The van der Waals surface area contributed by atoms with Crippen molar-refractivity contribution in [1.29, 1.82) is 0 Å². The van der Waals surface area contributed by atoms with Gasteiger partial charge in [0.2, 0.25) is 0 Å². The molecule has 1 aromatic heterocycles. The van der Waals surface area contributed by atoms with Crippen molar-refractivity contribution >= 4 is 68.7 Å². The summed E-state index contributed by atoms with van der Waals surface area (Å²) in [7, 11) is 0. The molecule has 3 aromatic carbocycles. The van der Waals surface area contributed by atoms with Crippen LogP contribution >= 0.6 is 35.0 Å². The monoisotopic (exact) mass is 523 g/mol. The maximum absolute atomic E-state index is 13.3. The number of rotatable bonds is 5. The van der Waals surface area contributed by atoms with Crippen LogP contribution in [0.4, 0.5) is 10.1 Å². The number of para-hydroxylation sites is 1. The second-order valence-corrected chi connectivity index (χ2v) is 9.85. The van der Waals surface area contributed by atoms with Gasteiger partial charge in [-0.1, -0.05) is 47.5 Å². The number of halogens is 3. The zero-order chi connectivity index (χ0) is 24.5. The number of nitrogens with zero attached hydrogens (tertiary/aromatic N) is 3. The first kappa shape index (κ1) is 23.7. The topological polar surface area (TPSA) is 37.6 Å². The average Bonchev–Trinajstić information content (AvgIpc) is 3.34. The normalized spacial score (nSPS) is 16.2. The van der Waals surface area contributed by atoms with E-state index in [4.69, 9.17) is 23.2 Å². The molecule has 0 unspecified atom stereocenters. The van der Waals surface area contributed by atoms with Crippen LogP contribution in [0.25, 0.3) is 17.0 Å². The van der Waals surface area contributed by atoms with Gasteiger partial charge in [-0.3, -0.25) is 9.69 Å². The second-order valence-electron chi connectivity index (χ2n) is 8.00. The quantitative estimate of drug-likeness (QED) is 0.250. The number of aliphatic imine (C=N–C) groups is 1. The molecule has 5 rings (SSSR count).